The van der Waals surface area contributed by atoms with Crippen LogP contribution in [0.25, 0.3) is 0 Å². The van der Waals surface area contributed by atoms with E-state index in [1.54, 1.807) is 0 Å². The third-order valence-electron chi connectivity index (χ3n) is 1.22. The van der Waals surface area contributed by atoms with Crippen molar-refractivity contribution in [1.82, 2.24) is 5.32 Å². The maximum atomic E-state index is 5.18. The van der Waals surface area contributed by atoms with Crippen molar-refractivity contribution in [3.8, 4) is 0 Å². The highest BCUT2D eigenvalue weighted by Crippen LogP contribution is 1.82. The minimum atomic E-state index is 0.599. The molecule has 0 amide bonds. The zero-order chi connectivity index (χ0) is 9.82. The van der Waals surface area contributed by atoms with E-state index in [1.165, 1.54) is 0 Å². The number of hydrogen-bond acceptors (Lipinski definition) is 2. The summed E-state index contributed by atoms with van der Waals surface area (Å²) in [6.07, 6.45) is 1.12. The lowest BCUT2D eigenvalue weighted by Gasteiger charge is -2.06. The van der Waals surface area contributed by atoms with Gasteiger partial charge in [0.1, 0.15) is 0 Å². The molecule has 0 spiro atoms. The smallest absolute Gasteiger partial charge is 0.0477 e. The molecule has 0 aromatic heterocycles. The molecule has 0 unspecified atom stereocenters. The van der Waals surface area contributed by atoms with Crippen LogP contribution in [0.5, 0.6) is 0 Å². The van der Waals surface area contributed by atoms with Gasteiger partial charge in [0.25, 0.3) is 0 Å². The second-order valence-electron chi connectivity index (χ2n) is 2.66. The van der Waals surface area contributed by atoms with E-state index in [-0.39, 0.29) is 0 Å². The topological polar surface area (TPSA) is 21.3 Å². The van der Waals surface area contributed by atoms with Gasteiger partial charge in [0.2, 0.25) is 0 Å². The van der Waals surface area contributed by atoms with E-state index in [9.17, 15) is 0 Å². The van der Waals surface area contributed by atoms with E-state index in [0.29, 0.717) is 6.04 Å². The van der Waals surface area contributed by atoms with Crippen LogP contribution in [0.2, 0.25) is 0 Å². The monoisotopic (exact) mass is 175 g/mol. The summed E-state index contributed by atoms with van der Waals surface area (Å²) in [5, 5.41) is 3.32. The van der Waals surface area contributed by atoms with Gasteiger partial charge in [0.15, 0.2) is 0 Å². The molecule has 0 saturated carbocycles. The molecular formula is C10H25NO. The van der Waals surface area contributed by atoms with E-state index in [4.69, 9.17) is 4.74 Å². The van der Waals surface area contributed by atoms with Gasteiger partial charge in [0, 0.05) is 19.3 Å². The molecule has 0 rings (SSSR count). The Bertz CT molecular complexity index is 64.9. The molecule has 0 fully saturated rings. The Kier molecular flexibility index (Phi) is 16.3. The van der Waals surface area contributed by atoms with Crippen LogP contribution in [0.4, 0.5) is 0 Å². The number of ether oxygens (including phenoxy) is 1. The van der Waals surface area contributed by atoms with Gasteiger partial charge >= 0.3 is 0 Å². The van der Waals surface area contributed by atoms with Crippen molar-refractivity contribution in [2.75, 3.05) is 19.8 Å². The molecular weight excluding hydrogens is 150 g/mol. The van der Waals surface area contributed by atoms with Crippen LogP contribution in [-0.2, 0) is 4.74 Å². The molecule has 12 heavy (non-hydrogen) atoms. The molecule has 0 aliphatic rings. The summed E-state index contributed by atoms with van der Waals surface area (Å²) >= 11 is 0. The second-order valence-corrected chi connectivity index (χ2v) is 2.66. The van der Waals surface area contributed by atoms with Crippen molar-refractivity contribution in [2.45, 2.75) is 47.1 Å². The number of hydrogen-bond donors (Lipinski definition) is 1. The van der Waals surface area contributed by atoms with Crippen LogP contribution in [-0.4, -0.2) is 25.8 Å². The Morgan fingerprint density at radius 2 is 1.83 bits per heavy atom. The molecule has 0 aromatic carbocycles. The van der Waals surface area contributed by atoms with Crippen LogP contribution in [0.15, 0.2) is 0 Å². The zero-order valence-corrected chi connectivity index (χ0v) is 9.31. The summed E-state index contributed by atoms with van der Waals surface area (Å²) < 4.78 is 5.18. The molecule has 0 aliphatic carbocycles. The quantitative estimate of drug-likeness (QED) is 0.626. The molecule has 0 bridgehead atoms. The van der Waals surface area contributed by atoms with E-state index in [0.717, 1.165) is 26.2 Å². The fourth-order valence-electron chi connectivity index (χ4n) is 0.709. The van der Waals surface area contributed by atoms with Gasteiger partial charge in [0.05, 0.1) is 0 Å². The van der Waals surface area contributed by atoms with Gasteiger partial charge < -0.3 is 10.1 Å². The van der Waals surface area contributed by atoms with E-state index in [1.807, 2.05) is 20.8 Å². The lowest BCUT2D eigenvalue weighted by molar-refractivity contribution is 0.144. The van der Waals surface area contributed by atoms with Gasteiger partial charge in [-0.3, -0.25) is 0 Å². The average molecular weight is 175 g/mol. The summed E-state index contributed by atoms with van der Waals surface area (Å²) in [5.41, 5.74) is 0. The van der Waals surface area contributed by atoms with Crippen molar-refractivity contribution >= 4 is 0 Å². The molecule has 0 aliphatic heterocycles. The Morgan fingerprint density at radius 1 is 1.25 bits per heavy atom. The van der Waals surface area contributed by atoms with Crippen LogP contribution in [0.1, 0.15) is 41.0 Å². The molecule has 0 heterocycles. The normalized spacial score (nSPS) is 9.50. The summed E-state index contributed by atoms with van der Waals surface area (Å²) in [6, 6.07) is 0.599. The van der Waals surface area contributed by atoms with Crippen LogP contribution < -0.4 is 5.32 Å². The zero-order valence-electron chi connectivity index (χ0n) is 9.31. The van der Waals surface area contributed by atoms with Crippen LogP contribution >= 0.6 is 0 Å². The molecule has 0 atom stereocenters. The van der Waals surface area contributed by atoms with Gasteiger partial charge in [-0.2, -0.15) is 0 Å². The first kappa shape index (κ1) is 14.4. The van der Waals surface area contributed by atoms with Crippen molar-refractivity contribution in [3.63, 3.8) is 0 Å². The molecule has 2 heteroatoms. The Labute approximate surface area is 77.7 Å². The predicted molar refractivity (Wildman–Crippen MR) is 55.6 cm³/mol. The van der Waals surface area contributed by atoms with E-state index < -0.39 is 0 Å². The van der Waals surface area contributed by atoms with Gasteiger partial charge in [-0.15, -0.1) is 0 Å². The fourth-order valence-corrected chi connectivity index (χ4v) is 0.709. The minimum Gasteiger partial charge on any atom is -0.382 e. The van der Waals surface area contributed by atoms with Gasteiger partial charge in [-0.1, -0.05) is 27.7 Å². The van der Waals surface area contributed by atoms with E-state index >= 15 is 0 Å². The first-order valence-corrected chi connectivity index (χ1v) is 5.08. The Hall–Kier alpha value is -0.0800. The van der Waals surface area contributed by atoms with E-state index in [2.05, 4.69) is 19.2 Å². The maximum absolute atomic E-state index is 5.18. The number of rotatable bonds is 6. The third-order valence-corrected chi connectivity index (χ3v) is 1.22. The summed E-state index contributed by atoms with van der Waals surface area (Å²) in [5.74, 6) is 0. The molecule has 2 nitrogen and oxygen atoms in total. The molecule has 76 valence electrons. The lowest BCUT2D eigenvalue weighted by atomic mass is 10.3. The minimum absolute atomic E-state index is 0.599. The van der Waals surface area contributed by atoms with Gasteiger partial charge in [-0.25, -0.2) is 0 Å². The maximum Gasteiger partial charge on any atom is 0.0477 e. The standard InChI is InChI=1S/C8H19NO.C2H6/c1-4-10-7-5-6-9-8(2)3;1-2/h8-9H,4-7H2,1-3H3;1-2H3. The highest BCUT2D eigenvalue weighted by molar-refractivity contribution is 4.51. The second kappa shape index (κ2) is 13.5. The summed E-state index contributed by atoms with van der Waals surface area (Å²) in [6.45, 7) is 13.1. The Balaban J connectivity index is 0. The average Bonchev–Trinajstić information content (AvgIpc) is 2.07. The molecule has 0 saturated heterocycles. The first-order valence-electron chi connectivity index (χ1n) is 5.08. The highest BCUT2D eigenvalue weighted by Gasteiger charge is 1.90. The van der Waals surface area contributed by atoms with Crippen LogP contribution in [0, 0.1) is 0 Å². The highest BCUT2D eigenvalue weighted by atomic mass is 16.5. The fraction of sp³-hybridized carbons (Fsp3) is 1.00. The SMILES string of the molecule is CC.CCOCCCNC(C)C. The van der Waals surface area contributed by atoms with Crippen molar-refractivity contribution in [2.24, 2.45) is 0 Å². The summed E-state index contributed by atoms with van der Waals surface area (Å²) in [7, 11) is 0. The largest absolute Gasteiger partial charge is 0.382 e. The van der Waals surface area contributed by atoms with Crippen molar-refractivity contribution < 1.29 is 4.74 Å². The van der Waals surface area contributed by atoms with Crippen LogP contribution in [0.3, 0.4) is 0 Å². The first-order chi connectivity index (χ1) is 5.77. The molecule has 1 N–H and O–H groups in total. The van der Waals surface area contributed by atoms with Crippen molar-refractivity contribution in [1.29, 1.82) is 0 Å². The van der Waals surface area contributed by atoms with Gasteiger partial charge in [-0.05, 0) is 19.9 Å². The summed E-state index contributed by atoms with van der Waals surface area (Å²) in [4.78, 5) is 0. The third kappa shape index (κ3) is 16.5. The molecule has 0 aromatic rings. The molecule has 0 radical (unpaired) electrons. The Morgan fingerprint density at radius 3 is 2.25 bits per heavy atom. The lowest BCUT2D eigenvalue weighted by Crippen LogP contribution is -2.24. The number of nitrogens with one attached hydrogen (secondary N) is 1. The predicted octanol–water partition coefficient (Wildman–Crippen LogP) is 2.44. The van der Waals surface area contributed by atoms with Crippen molar-refractivity contribution in [3.05, 3.63) is 0 Å².